The van der Waals surface area contributed by atoms with Gasteiger partial charge >= 0.3 is 0 Å². The molecule has 2 aliphatic heterocycles. The Labute approximate surface area is 217 Å². The Kier molecular flexibility index (Phi) is 6.12. The molecule has 0 saturated carbocycles. The van der Waals surface area contributed by atoms with Crippen LogP contribution in [0.2, 0.25) is 0 Å². The van der Waals surface area contributed by atoms with Crippen LogP contribution in [0, 0.1) is 26.7 Å². The summed E-state index contributed by atoms with van der Waals surface area (Å²) < 4.78 is 12.7. The SMILES string of the molecule is CCOc1cccc2c1OC1(C)C(C(=O)Nc3ccc(C)cc3C)C2NC(=S)N1c1ccc(C)cc1. The van der Waals surface area contributed by atoms with Gasteiger partial charge in [0.2, 0.25) is 5.91 Å². The maximum Gasteiger partial charge on any atom is 0.236 e. The molecule has 1 amide bonds. The van der Waals surface area contributed by atoms with Gasteiger partial charge in [-0.3, -0.25) is 9.69 Å². The predicted octanol–water partition coefficient (Wildman–Crippen LogP) is 5.81. The number of aryl methyl sites for hydroxylation is 3. The highest BCUT2D eigenvalue weighted by atomic mass is 32.1. The summed E-state index contributed by atoms with van der Waals surface area (Å²) in [7, 11) is 0. The molecule has 3 unspecified atom stereocenters. The summed E-state index contributed by atoms with van der Waals surface area (Å²) in [5.41, 5.74) is 4.66. The molecule has 2 heterocycles. The largest absolute Gasteiger partial charge is 0.490 e. The van der Waals surface area contributed by atoms with Crippen molar-refractivity contribution in [3.05, 3.63) is 82.9 Å². The minimum absolute atomic E-state index is 0.144. The summed E-state index contributed by atoms with van der Waals surface area (Å²) in [6, 6.07) is 19.5. The van der Waals surface area contributed by atoms with Crippen molar-refractivity contribution >= 4 is 34.6 Å². The molecule has 5 rings (SSSR count). The van der Waals surface area contributed by atoms with E-state index in [-0.39, 0.29) is 11.9 Å². The first-order chi connectivity index (χ1) is 17.2. The van der Waals surface area contributed by atoms with E-state index in [0.29, 0.717) is 23.2 Å². The molecule has 1 fully saturated rings. The molecule has 2 aliphatic rings. The number of ether oxygens (including phenoxy) is 2. The first-order valence-corrected chi connectivity index (χ1v) is 12.6. The molecule has 3 atom stereocenters. The van der Waals surface area contributed by atoms with Crippen molar-refractivity contribution < 1.29 is 14.3 Å². The summed E-state index contributed by atoms with van der Waals surface area (Å²) in [5, 5.41) is 7.14. The van der Waals surface area contributed by atoms with E-state index >= 15 is 0 Å². The van der Waals surface area contributed by atoms with E-state index in [1.807, 2.05) is 94.1 Å². The average molecular weight is 502 g/mol. The van der Waals surface area contributed by atoms with Gasteiger partial charge in [0, 0.05) is 16.9 Å². The Morgan fingerprint density at radius 2 is 1.83 bits per heavy atom. The lowest BCUT2D eigenvalue weighted by Crippen LogP contribution is -2.72. The maximum absolute atomic E-state index is 14.0. The predicted molar refractivity (Wildman–Crippen MR) is 147 cm³/mol. The molecule has 2 N–H and O–H groups in total. The van der Waals surface area contributed by atoms with E-state index in [0.717, 1.165) is 33.6 Å². The number of nitrogens with zero attached hydrogens (tertiary/aromatic N) is 1. The summed E-state index contributed by atoms with van der Waals surface area (Å²) in [6.45, 7) is 10.5. The zero-order chi connectivity index (χ0) is 25.6. The number of para-hydroxylation sites is 1. The van der Waals surface area contributed by atoms with Crippen LogP contribution >= 0.6 is 12.2 Å². The molecule has 0 aromatic heterocycles. The normalized spacial score (nSPS) is 22.2. The van der Waals surface area contributed by atoms with Crippen molar-refractivity contribution in [3.63, 3.8) is 0 Å². The van der Waals surface area contributed by atoms with Gasteiger partial charge in [0.05, 0.1) is 12.6 Å². The van der Waals surface area contributed by atoms with Gasteiger partial charge < -0.3 is 20.1 Å². The van der Waals surface area contributed by atoms with Crippen LogP contribution in [0.3, 0.4) is 0 Å². The van der Waals surface area contributed by atoms with E-state index in [2.05, 4.69) is 16.7 Å². The van der Waals surface area contributed by atoms with Crippen molar-refractivity contribution in [3.8, 4) is 11.5 Å². The number of anilines is 2. The topological polar surface area (TPSA) is 62.8 Å². The minimum atomic E-state index is -1.11. The third-order valence-corrected chi connectivity index (χ3v) is 7.30. The molecule has 0 spiro atoms. The van der Waals surface area contributed by atoms with Crippen LogP contribution in [0.4, 0.5) is 11.4 Å². The van der Waals surface area contributed by atoms with Crippen molar-refractivity contribution in [1.82, 2.24) is 5.32 Å². The van der Waals surface area contributed by atoms with E-state index in [1.54, 1.807) is 0 Å². The fourth-order valence-electron chi connectivity index (χ4n) is 5.29. The minimum Gasteiger partial charge on any atom is -0.490 e. The van der Waals surface area contributed by atoms with E-state index in [4.69, 9.17) is 21.7 Å². The van der Waals surface area contributed by atoms with Crippen LogP contribution < -0.4 is 25.0 Å². The number of nitrogens with one attached hydrogen (secondary N) is 2. The number of hydrogen-bond acceptors (Lipinski definition) is 4. The number of amides is 1. The number of thiocarbonyl (C=S) groups is 1. The number of hydrogen-bond donors (Lipinski definition) is 2. The highest BCUT2D eigenvalue weighted by Gasteiger charge is 2.59. The van der Waals surface area contributed by atoms with Crippen LogP contribution in [0.25, 0.3) is 0 Å². The molecule has 186 valence electrons. The molecular formula is C29H31N3O3S. The summed E-state index contributed by atoms with van der Waals surface area (Å²) in [4.78, 5) is 16.0. The third-order valence-electron chi connectivity index (χ3n) is 7.00. The summed E-state index contributed by atoms with van der Waals surface area (Å²) in [6.07, 6.45) is 0. The lowest BCUT2D eigenvalue weighted by Gasteiger charge is -2.56. The molecule has 7 heteroatoms. The van der Waals surface area contributed by atoms with Crippen LogP contribution in [0.5, 0.6) is 11.5 Å². The van der Waals surface area contributed by atoms with Crippen molar-refractivity contribution in [2.45, 2.75) is 46.4 Å². The Balaban J connectivity index is 1.64. The number of carbonyl (C=O) groups excluding carboxylic acids is 1. The molecule has 3 aromatic carbocycles. The average Bonchev–Trinajstić information content (AvgIpc) is 2.82. The first-order valence-electron chi connectivity index (χ1n) is 12.2. The molecule has 36 heavy (non-hydrogen) atoms. The molecule has 0 radical (unpaired) electrons. The third kappa shape index (κ3) is 3.97. The van der Waals surface area contributed by atoms with Gasteiger partial charge in [-0.25, -0.2) is 0 Å². The molecule has 3 aromatic rings. The maximum atomic E-state index is 14.0. The second kappa shape index (κ2) is 9.13. The monoisotopic (exact) mass is 501 g/mol. The van der Waals surface area contributed by atoms with E-state index < -0.39 is 11.6 Å². The summed E-state index contributed by atoms with van der Waals surface area (Å²) >= 11 is 5.86. The number of rotatable bonds is 5. The van der Waals surface area contributed by atoms with Gasteiger partial charge in [0.15, 0.2) is 22.3 Å². The highest BCUT2D eigenvalue weighted by Crippen LogP contribution is 2.52. The van der Waals surface area contributed by atoms with Crippen LogP contribution in [0.1, 0.15) is 42.1 Å². The zero-order valence-electron chi connectivity index (χ0n) is 21.2. The first kappa shape index (κ1) is 24.1. The lowest BCUT2D eigenvalue weighted by molar-refractivity contribution is -0.130. The Bertz CT molecular complexity index is 1340. The van der Waals surface area contributed by atoms with Crippen LogP contribution in [-0.4, -0.2) is 23.4 Å². The van der Waals surface area contributed by atoms with Gasteiger partial charge in [0.25, 0.3) is 0 Å². The van der Waals surface area contributed by atoms with Gasteiger partial charge in [-0.2, -0.15) is 0 Å². The Hall–Kier alpha value is -3.58. The van der Waals surface area contributed by atoms with Gasteiger partial charge in [-0.1, -0.05) is 47.5 Å². The van der Waals surface area contributed by atoms with Crippen molar-refractivity contribution in [2.24, 2.45) is 5.92 Å². The van der Waals surface area contributed by atoms with Crippen molar-refractivity contribution in [2.75, 3.05) is 16.8 Å². The highest BCUT2D eigenvalue weighted by molar-refractivity contribution is 7.80. The summed E-state index contributed by atoms with van der Waals surface area (Å²) in [5.74, 6) is 0.525. The van der Waals surface area contributed by atoms with E-state index in [9.17, 15) is 4.79 Å². The van der Waals surface area contributed by atoms with Gasteiger partial charge in [-0.05, 0) is 76.7 Å². The second-order valence-corrected chi connectivity index (χ2v) is 10.0. The molecule has 0 aliphatic carbocycles. The molecule has 1 saturated heterocycles. The molecule has 6 nitrogen and oxygen atoms in total. The van der Waals surface area contributed by atoms with Crippen LogP contribution in [0.15, 0.2) is 60.7 Å². The number of benzene rings is 3. The van der Waals surface area contributed by atoms with E-state index in [1.165, 1.54) is 0 Å². The van der Waals surface area contributed by atoms with Gasteiger partial charge in [-0.15, -0.1) is 0 Å². The Morgan fingerprint density at radius 3 is 2.53 bits per heavy atom. The number of fused-ring (bicyclic) bond motifs is 4. The Morgan fingerprint density at radius 1 is 1.11 bits per heavy atom. The van der Waals surface area contributed by atoms with Crippen molar-refractivity contribution in [1.29, 1.82) is 0 Å². The fourth-order valence-corrected chi connectivity index (χ4v) is 5.70. The fraction of sp³-hybridized carbons (Fsp3) is 0.310. The van der Waals surface area contributed by atoms with Gasteiger partial charge in [0.1, 0.15) is 5.92 Å². The lowest BCUT2D eigenvalue weighted by atomic mass is 9.78. The van der Waals surface area contributed by atoms with Crippen LogP contribution in [-0.2, 0) is 4.79 Å². The quantitative estimate of drug-likeness (QED) is 0.430. The number of carbonyl (C=O) groups is 1. The zero-order valence-corrected chi connectivity index (χ0v) is 22.0. The standard InChI is InChI=1S/C29H31N3O3S/c1-6-34-23-9-7-8-21-25-24(27(33)30-22-15-12-18(3)16-19(22)4)29(5,35-26(21)23)32(28(36)31-25)20-13-10-17(2)11-14-20/h7-16,24-25H,6H2,1-5H3,(H,30,33)(H,31,36). The molecule has 2 bridgehead atoms. The second-order valence-electron chi connectivity index (χ2n) is 9.65. The smallest absolute Gasteiger partial charge is 0.236 e. The molecular weight excluding hydrogens is 470 g/mol.